The number of likely N-dealkylation sites (N-methyl/N-ethyl adjacent to an activating group) is 1. The van der Waals surface area contributed by atoms with Crippen molar-refractivity contribution in [1.82, 2.24) is 4.90 Å². The number of hydrogen-bond donors (Lipinski definition) is 0. The van der Waals surface area contributed by atoms with Crippen LogP contribution >= 0.6 is 12.4 Å². The Morgan fingerprint density at radius 1 is 1.21 bits per heavy atom. The molecule has 2 saturated heterocycles. The quantitative estimate of drug-likeness (QED) is 0.780. The Bertz CT molecular complexity index is 451. The first-order chi connectivity index (χ1) is 8.74. The van der Waals surface area contributed by atoms with Crippen LogP contribution in [0.5, 0.6) is 0 Å². The highest BCUT2D eigenvalue weighted by molar-refractivity contribution is 5.85. The van der Waals surface area contributed by atoms with Gasteiger partial charge in [-0.05, 0) is 25.5 Å². The van der Waals surface area contributed by atoms with Gasteiger partial charge in [0.1, 0.15) is 0 Å². The first-order valence-electron chi connectivity index (χ1n) is 6.58. The van der Waals surface area contributed by atoms with E-state index in [2.05, 4.69) is 36.2 Å². The number of ether oxygens (including phenoxy) is 1. The number of rotatable bonds is 2. The van der Waals surface area contributed by atoms with Gasteiger partial charge < -0.3 is 4.74 Å². The van der Waals surface area contributed by atoms with Crippen LogP contribution < -0.4 is 0 Å². The molecule has 3 nitrogen and oxygen atoms in total. The molecule has 2 heterocycles. The second kappa shape index (κ2) is 5.51. The number of fused-ring (bicyclic) bond motifs is 2. The molecular weight excluding hydrogens is 262 g/mol. The van der Waals surface area contributed by atoms with Gasteiger partial charge in [0, 0.05) is 18.0 Å². The molecule has 104 valence electrons. The predicted molar refractivity (Wildman–Crippen MR) is 76.5 cm³/mol. The number of esters is 1. The summed E-state index contributed by atoms with van der Waals surface area (Å²) in [6.07, 6.45) is 2.30. The number of carbonyl (C=O) groups excluding carboxylic acids is 1. The van der Waals surface area contributed by atoms with E-state index in [1.165, 1.54) is 19.1 Å². The second-order valence-corrected chi connectivity index (χ2v) is 5.36. The highest BCUT2D eigenvalue weighted by Gasteiger charge is 2.55. The summed E-state index contributed by atoms with van der Waals surface area (Å²) in [5.74, 6) is 0.242. The summed E-state index contributed by atoms with van der Waals surface area (Å²) in [6.45, 7) is 0. The molecule has 0 saturated carbocycles. The number of hydrogen-bond acceptors (Lipinski definition) is 3. The molecule has 2 aliphatic rings. The third-order valence-corrected chi connectivity index (χ3v) is 4.68. The first kappa shape index (κ1) is 14.4. The SMILES string of the molecule is COC(=O)[C@H]1C2CCC([C@@H]1c1ccccc1)N2C.Cl. The van der Waals surface area contributed by atoms with Crippen molar-refractivity contribution in [2.24, 2.45) is 5.92 Å². The minimum atomic E-state index is -0.0529. The third kappa shape index (κ3) is 2.15. The zero-order valence-electron chi connectivity index (χ0n) is 11.3. The van der Waals surface area contributed by atoms with Crippen LogP contribution in [0.2, 0.25) is 0 Å². The van der Waals surface area contributed by atoms with E-state index in [-0.39, 0.29) is 24.3 Å². The minimum absolute atomic E-state index is 0. The largest absolute Gasteiger partial charge is 0.469 e. The lowest BCUT2D eigenvalue weighted by molar-refractivity contribution is -0.147. The number of halogens is 1. The van der Waals surface area contributed by atoms with Gasteiger partial charge in [-0.1, -0.05) is 30.3 Å². The van der Waals surface area contributed by atoms with E-state index in [0.29, 0.717) is 18.0 Å². The molecule has 0 N–H and O–H groups in total. The summed E-state index contributed by atoms with van der Waals surface area (Å²) in [6, 6.07) is 11.2. The molecule has 0 aliphatic carbocycles. The third-order valence-electron chi connectivity index (χ3n) is 4.68. The van der Waals surface area contributed by atoms with Crippen LogP contribution in [0.3, 0.4) is 0 Å². The van der Waals surface area contributed by atoms with Gasteiger partial charge in [-0.3, -0.25) is 9.69 Å². The summed E-state index contributed by atoms with van der Waals surface area (Å²) in [5, 5.41) is 0. The number of nitrogens with zero attached hydrogens (tertiary/aromatic N) is 1. The maximum Gasteiger partial charge on any atom is 0.310 e. The van der Waals surface area contributed by atoms with E-state index < -0.39 is 0 Å². The van der Waals surface area contributed by atoms with Crippen LogP contribution in [0.15, 0.2) is 30.3 Å². The van der Waals surface area contributed by atoms with Gasteiger partial charge in [0.05, 0.1) is 13.0 Å². The fourth-order valence-corrected chi connectivity index (χ4v) is 3.88. The molecule has 19 heavy (non-hydrogen) atoms. The van der Waals surface area contributed by atoms with Gasteiger partial charge >= 0.3 is 5.97 Å². The predicted octanol–water partition coefficient (Wildman–Crippen LogP) is 2.46. The molecule has 2 unspecified atom stereocenters. The Morgan fingerprint density at radius 3 is 2.47 bits per heavy atom. The van der Waals surface area contributed by atoms with Crippen LogP contribution in [0.25, 0.3) is 0 Å². The monoisotopic (exact) mass is 281 g/mol. The molecule has 4 atom stereocenters. The summed E-state index contributed by atoms with van der Waals surface area (Å²) in [4.78, 5) is 14.5. The molecule has 3 rings (SSSR count). The van der Waals surface area contributed by atoms with Gasteiger partial charge in [-0.15, -0.1) is 12.4 Å². The first-order valence-corrected chi connectivity index (χ1v) is 6.58. The topological polar surface area (TPSA) is 29.5 Å². The van der Waals surface area contributed by atoms with Crippen LogP contribution in [-0.4, -0.2) is 37.1 Å². The Balaban J connectivity index is 0.00000133. The number of benzene rings is 1. The van der Waals surface area contributed by atoms with Crippen molar-refractivity contribution in [1.29, 1.82) is 0 Å². The van der Waals surface area contributed by atoms with Gasteiger partial charge in [0.25, 0.3) is 0 Å². The van der Waals surface area contributed by atoms with Crippen molar-refractivity contribution in [2.45, 2.75) is 30.8 Å². The molecule has 0 spiro atoms. The van der Waals surface area contributed by atoms with Crippen molar-refractivity contribution in [3.63, 3.8) is 0 Å². The Labute approximate surface area is 120 Å². The van der Waals surface area contributed by atoms with Crippen molar-refractivity contribution < 1.29 is 9.53 Å². The summed E-state index contributed by atoms with van der Waals surface area (Å²) in [7, 11) is 3.64. The Hall–Kier alpha value is -1.06. The number of carbonyl (C=O) groups is 1. The molecule has 2 aliphatic heterocycles. The van der Waals surface area contributed by atoms with Crippen molar-refractivity contribution in [3.8, 4) is 0 Å². The van der Waals surface area contributed by atoms with Crippen molar-refractivity contribution in [3.05, 3.63) is 35.9 Å². The molecule has 2 fully saturated rings. The summed E-state index contributed by atoms with van der Waals surface area (Å²) >= 11 is 0. The smallest absolute Gasteiger partial charge is 0.310 e. The van der Waals surface area contributed by atoms with E-state index in [9.17, 15) is 4.79 Å². The second-order valence-electron chi connectivity index (χ2n) is 5.36. The van der Waals surface area contributed by atoms with Crippen LogP contribution in [-0.2, 0) is 9.53 Å². The van der Waals surface area contributed by atoms with E-state index in [1.807, 2.05) is 6.07 Å². The highest BCUT2D eigenvalue weighted by atomic mass is 35.5. The molecular formula is C15H20ClNO2. The van der Waals surface area contributed by atoms with Crippen LogP contribution in [0.1, 0.15) is 24.3 Å². The lowest BCUT2D eigenvalue weighted by Gasteiger charge is -2.27. The molecule has 2 bridgehead atoms. The van der Waals surface area contributed by atoms with Gasteiger partial charge in [-0.2, -0.15) is 0 Å². The fourth-order valence-electron chi connectivity index (χ4n) is 3.88. The lowest BCUT2D eigenvalue weighted by atomic mass is 9.75. The minimum Gasteiger partial charge on any atom is -0.469 e. The van der Waals surface area contributed by atoms with E-state index in [0.717, 1.165) is 6.42 Å². The molecule has 1 aromatic rings. The molecule has 0 aromatic heterocycles. The lowest BCUT2D eigenvalue weighted by Crippen LogP contribution is -2.33. The zero-order chi connectivity index (χ0) is 12.7. The number of methoxy groups -OCH3 is 1. The molecule has 1 aromatic carbocycles. The van der Waals surface area contributed by atoms with E-state index >= 15 is 0 Å². The molecule has 0 amide bonds. The summed E-state index contributed by atoms with van der Waals surface area (Å²) < 4.78 is 5.02. The normalized spacial score (nSPS) is 32.9. The van der Waals surface area contributed by atoms with Crippen molar-refractivity contribution >= 4 is 18.4 Å². The Kier molecular flexibility index (Phi) is 4.16. The highest BCUT2D eigenvalue weighted by Crippen LogP contribution is 2.50. The molecule has 0 radical (unpaired) electrons. The van der Waals surface area contributed by atoms with E-state index in [1.54, 1.807) is 0 Å². The average Bonchev–Trinajstić information content (AvgIpc) is 2.92. The van der Waals surface area contributed by atoms with Crippen molar-refractivity contribution in [2.75, 3.05) is 14.2 Å². The Morgan fingerprint density at radius 2 is 1.84 bits per heavy atom. The summed E-state index contributed by atoms with van der Waals surface area (Å²) in [5.41, 5.74) is 1.27. The van der Waals surface area contributed by atoms with Gasteiger partial charge in [0.15, 0.2) is 0 Å². The maximum atomic E-state index is 12.1. The zero-order valence-corrected chi connectivity index (χ0v) is 12.1. The van der Waals surface area contributed by atoms with Crippen LogP contribution in [0, 0.1) is 5.92 Å². The maximum absolute atomic E-state index is 12.1. The van der Waals surface area contributed by atoms with Crippen LogP contribution in [0.4, 0.5) is 0 Å². The molecule has 4 heteroatoms. The van der Waals surface area contributed by atoms with E-state index in [4.69, 9.17) is 4.74 Å². The standard InChI is InChI=1S/C15H19NO2.ClH/c1-16-11-8-9-12(16)14(15(17)18-2)13(11)10-6-4-3-5-7-10;/h3-7,11-14H,8-9H2,1-2H3;1H/t11?,12?,13-,14-;/m0./s1. The fraction of sp³-hybridized carbons (Fsp3) is 0.533. The van der Waals surface area contributed by atoms with Gasteiger partial charge in [-0.25, -0.2) is 0 Å². The van der Waals surface area contributed by atoms with Gasteiger partial charge in [0.2, 0.25) is 0 Å². The average molecular weight is 282 g/mol.